The minimum Gasteiger partial charge on any atom is -0.367 e. The molecule has 17 heavy (non-hydrogen) atoms. The number of hydrogen-bond acceptors (Lipinski definition) is 3. The van der Waals surface area contributed by atoms with Crippen LogP contribution < -0.4 is 4.90 Å². The number of hydrogen-bond donors (Lipinski definition) is 0. The summed E-state index contributed by atoms with van der Waals surface area (Å²) in [5.74, 6) is 0. The van der Waals surface area contributed by atoms with Crippen LogP contribution in [-0.4, -0.2) is 17.6 Å². The number of anilines is 1. The molecule has 1 unspecified atom stereocenters. The largest absolute Gasteiger partial charge is 0.367 e. The Morgan fingerprint density at radius 1 is 1.47 bits per heavy atom. The highest BCUT2D eigenvalue weighted by Gasteiger charge is 2.21. The van der Waals surface area contributed by atoms with Crippen LogP contribution in [0.15, 0.2) is 18.3 Å². The SMILES string of the molecule is CCCC1CCCCN1c1ccc(C#N)nc1. The Balaban J connectivity index is 2.14. The van der Waals surface area contributed by atoms with Crippen molar-refractivity contribution in [2.75, 3.05) is 11.4 Å². The van der Waals surface area contributed by atoms with E-state index in [0.717, 1.165) is 6.54 Å². The van der Waals surface area contributed by atoms with E-state index in [2.05, 4.69) is 22.9 Å². The van der Waals surface area contributed by atoms with Gasteiger partial charge in [-0.25, -0.2) is 4.98 Å². The van der Waals surface area contributed by atoms with Crippen molar-refractivity contribution in [2.45, 2.75) is 45.1 Å². The normalized spacial score (nSPS) is 20.0. The van der Waals surface area contributed by atoms with Crippen LogP contribution in [0, 0.1) is 11.3 Å². The van der Waals surface area contributed by atoms with E-state index in [1.54, 1.807) is 0 Å². The maximum atomic E-state index is 8.75. The highest BCUT2D eigenvalue weighted by atomic mass is 15.2. The summed E-state index contributed by atoms with van der Waals surface area (Å²) in [6.45, 7) is 3.36. The number of nitrogens with zero attached hydrogens (tertiary/aromatic N) is 3. The Morgan fingerprint density at radius 2 is 2.35 bits per heavy atom. The van der Waals surface area contributed by atoms with Crippen LogP contribution in [0.25, 0.3) is 0 Å². The molecular weight excluding hydrogens is 210 g/mol. The van der Waals surface area contributed by atoms with Gasteiger partial charge >= 0.3 is 0 Å². The second-order valence-corrected chi connectivity index (χ2v) is 4.65. The molecule has 1 aliphatic heterocycles. The van der Waals surface area contributed by atoms with Crippen LogP contribution in [0.1, 0.15) is 44.7 Å². The van der Waals surface area contributed by atoms with Crippen LogP contribution in [0.2, 0.25) is 0 Å². The molecule has 1 aliphatic rings. The maximum absolute atomic E-state index is 8.75. The third kappa shape index (κ3) is 2.76. The van der Waals surface area contributed by atoms with Gasteiger partial charge in [0.25, 0.3) is 0 Å². The Bertz CT molecular complexity index is 389. The van der Waals surface area contributed by atoms with E-state index < -0.39 is 0 Å². The van der Waals surface area contributed by atoms with Crippen molar-refractivity contribution in [1.29, 1.82) is 5.26 Å². The van der Waals surface area contributed by atoms with Crippen LogP contribution in [0.3, 0.4) is 0 Å². The molecule has 0 N–H and O–H groups in total. The van der Waals surface area contributed by atoms with Crippen LogP contribution in [0.4, 0.5) is 5.69 Å². The number of pyridine rings is 1. The molecule has 3 nitrogen and oxygen atoms in total. The van der Waals surface area contributed by atoms with Gasteiger partial charge in [0.2, 0.25) is 0 Å². The molecule has 0 bridgehead atoms. The van der Waals surface area contributed by atoms with Gasteiger partial charge < -0.3 is 4.90 Å². The van der Waals surface area contributed by atoms with Crippen molar-refractivity contribution in [3.63, 3.8) is 0 Å². The molecule has 1 aromatic heterocycles. The van der Waals surface area contributed by atoms with Crippen LogP contribution >= 0.6 is 0 Å². The van der Waals surface area contributed by atoms with Gasteiger partial charge in [-0.2, -0.15) is 5.26 Å². The standard InChI is InChI=1S/C14H19N3/c1-2-5-13-6-3-4-9-17(13)14-8-7-12(10-15)16-11-14/h7-8,11,13H,2-6,9H2,1H3. The summed E-state index contributed by atoms with van der Waals surface area (Å²) >= 11 is 0. The molecule has 90 valence electrons. The fourth-order valence-electron chi connectivity index (χ4n) is 2.60. The van der Waals surface area contributed by atoms with Gasteiger partial charge in [-0.3, -0.25) is 0 Å². The van der Waals surface area contributed by atoms with Gasteiger partial charge in [0, 0.05) is 12.6 Å². The smallest absolute Gasteiger partial charge is 0.140 e. The van der Waals surface area contributed by atoms with Crippen molar-refractivity contribution in [2.24, 2.45) is 0 Å². The van der Waals surface area contributed by atoms with Gasteiger partial charge in [0.15, 0.2) is 0 Å². The summed E-state index contributed by atoms with van der Waals surface area (Å²) < 4.78 is 0. The maximum Gasteiger partial charge on any atom is 0.140 e. The summed E-state index contributed by atoms with van der Waals surface area (Å²) in [7, 11) is 0. The molecular formula is C14H19N3. The van der Waals surface area contributed by atoms with Gasteiger partial charge in [0.05, 0.1) is 11.9 Å². The minimum atomic E-state index is 0.498. The lowest BCUT2D eigenvalue weighted by molar-refractivity contribution is 0.434. The van der Waals surface area contributed by atoms with Gasteiger partial charge in [-0.05, 0) is 37.8 Å². The Kier molecular flexibility index (Phi) is 3.98. The predicted octanol–water partition coefficient (Wildman–Crippen LogP) is 3.11. The molecule has 1 aromatic rings. The zero-order chi connectivity index (χ0) is 12.1. The van der Waals surface area contributed by atoms with E-state index in [1.165, 1.54) is 37.8 Å². The van der Waals surface area contributed by atoms with Gasteiger partial charge in [-0.15, -0.1) is 0 Å². The third-order valence-corrected chi connectivity index (χ3v) is 3.44. The fourth-order valence-corrected chi connectivity index (χ4v) is 2.60. The zero-order valence-electron chi connectivity index (χ0n) is 10.4. The van der Waals surface area contributed by atoms with E-state index in [4.69, 9.17) is 5.26 Å². The monoisotopic (exact) mass is 229 g/mol. The van der Waals surface area contributed by atoms with Crippen molar-refractivity contribution < 1.29 is 0 Å². The molecule has 2 rings (SSSR count). The van der Waals surface area contributed by atoms with Gasteiger partial charge in [0.1, 0.15) is 11.8 Å². The first-order valence-electron chi connectivity index (χ1n) is 6.48. The molecule has 0 aliphatic carbocycles. The van der Waals surface area contributed by atoms with E-state index in [0.29, 0.717) is 11.7 Å². The number of piperidine rings is 1. The molecule has 1 atom stereocenters. The molecule has 0 saturated carbocycles. The molecule has 1 fully saturated rings. The first-order chi connectivity index (χ1) is 8.35. The first-order valence-corrected chi connectivity index (χ1v) is 6.48. The highest BCUT2D eigenvalue weighted by molar-refractivity contribution is 5.47. The first kappa shape index (κ1) is 11.9. The predicted molar refractivity (Wildman–Crippen MR) is 68.8 cm³/mol. The lowest BCUT2D eigenvalue weighted by Gasteiger charge is -2.37. The second kappa shape index (κ2) is 5.67. The third-order valence-electron chi connectivity index (χ3n) is 3.44. The van der Waals surface area contributed by atoms with E-state index in [-0.39, 0.29) is 0 Å². The molecule has 2 heterocycles. The number of rotatable bonds is 3. The van der Waals surface area contributed by atoms with Crippen LogP contribution in [-0.2, 0) is 0 Å². The van der Waals surface area contributed by atoms with E-state index >= 15 is 0 Å². The fraction of sp³-hybridized carbons (Fsp3) is 0.571. The second-order valence-electron chi connectivity index (χ2n) is 4.65. The summed E-state index contributed by atoms with van der Waals surface area (Å²) in [6.07, 6.45) is 8.20. The van der Waals surface area contributed by atoms with Crippen LogP contribution in [0.5, 0.6) is 0 Å². The summed E-state index contributed by atoms with van der Waals surface area (Å²) in [6, 6.07) is 6.56. The molecule has 0 aromatic carbocycles. The van der Waals surface area contributed by atoms with Gasteiger partial charge in [-0.1, -0.05) is 13.3 Å². The lowest BCUT2D eigenvalue weighted by atomic mass is 9.98. The average Bonchev–Trinajstić information content (AvgIpc) is 2.40. The highest BCUT2D eigenvalue weighted by Crippen LogP contribution is 2.26. The Labute approximate surface area is 103 Å². The minimum absolute atomic E-state index is 0.498. The summed E-state index contributed by atoms with van der Waals surface area (Å²) in [4.78, 5) is 6.62. The quantitative estimate of drug-likeness (QED) is 0.799. The number of aromatic nitrogens is 1. The zero-order valence-corrected chi connectivity index (χ0v) is 10.4. The molecule has 1 saturated heterocycles. The molecule has 0 radical (unpaired) electrons. The van der Waals surface area contributed by atoms with Crippen molar-refractivity contribution in [1.82, 2.24) is 4.98 Å². The van der Waals surface area contributed by atoms with E-state index in [1.807, 2.05) is 18.3 Å². The summed E-state index contributed by atoms with van der Waals surface area (Å²) in [5.41, 5.74) is 1.67. The molecule has 0 spiro atoms. The molecule has 0 amide bonds. The van der Waals surface area contributed by atoms with Crippen molar-refractivity contribution in [3.05, 3.63) is 24.0 Å². The van der Waals surface area contributed by atoms with Crippen molar-refractivity contribution in [3.8, 4) is 6.07 Å². The summed E-state index contributed by atoms with van der Waals surface area (Å²) in [5, 5.41) is 8.75. The van der Waals surface area contributed by atoms with Crippen molar-refractivity contribution >= 4 is 5.69 Å². The topological polar surface area (TPSA) is 39.9 Å². The Morgan fingerprint density at radius 3 is 3.00 bits per heavy atom. The molecule has 3 heteroatoms. The van der Waals surface area contributed by atoms with E-state index in [9.17, 15) is 0 Å². The lowest BCUT2D eigenvalue weighted by Crippen LogP contribution is -2.39. The average molecular weight is 229 g/mol. The Hall–Kier alpha value is -1.56. The number of nitriles is 1.